The fourth-order valence-electron chi connectivity index (χ4n) is 3.66. The van der Waals surface area contributed by atoms with E-state index in [0.29, 0.717) is 18.4 Å². The zero-order chi connectivity index (χ0) is 15.4. The summed E-state index contributed by atoms with van der Waals surface area (Å²) in [6.07, 6.45) is 2.24. The molecule has 0 heterocycles. The number of hydrogen-bond acceptors (Lipinski definition) is 3. The molecule has 1 N–H and O–H groups in total. The van der Waals surface area contributed by atoms with Crippen molar-refractivity contribution in [1.82, 2.24) is 0 Å². The van der Waals surface area contributed by atoms with Gasteiger partial charge in [-0.25, -0.2) is 8.78 Å². The van der Waals surface area contributed by atoms with Crippen molar-refractivity contribution in [1.29, 1.82) is 5.26 Å². The van der Waals surface area contributed by atoms with Crippen LogP contribution in [0.3, 0.4) is 0 Å². The molecular formula is C16H13F2NO2. The first-order valence-corrected chi connectivity index (χ1v) is 6.77. The lowest BCUT2D eigenvalue weighted by Crippen LogP contribution is -2.26. The standard InChI is InChI=1S/C16H13F2NO2/c1-16-4-2-3-10(16)13(9(7-19)15(16)21)8-5-11(17)14(20)12(18)6-8/h5-6,10,20H,2-4H2,1H3. The van der Waals surface area contributed by atoms with Gasteiger partial charge in [-0.15, -0.1) is 0 Å². The van der Waals surface area contributed by atoms with Crippen LogP contribution in [0.1, 0.15) is 31.7 Å². The molecule has 0 saturated heterocycles. The van der Waals surface area contributed by atoms with Crippen LogP contribution in [-0.2, 0) is 4.79 Å². The van der Waals surface area contributed by atoms with Crippen LogP contribution in [0.4, 0.5) is 8.78 Å². The summed E-state index contributed by atoms with van der Waals surface area (Å²) in [6.45, 7) is 1.81. The predicted octanol–water partition coefficient (Wildman–Crippen LogP) is 3.34. The third-order valence-corrected chi connectivity index (χ3v) is 4.76. The minimum absolute atomic E-state index is 0.00769. The SMILES string of the molecule is CC12CCCC1C(c1cc(F)c(O)c(F)c1)=C(C#N)C2=O. The van der Waals surface area contributed by atoms with Crippen LogP contribution in [0.15, 0.2) is 17.7 Å². The maximum atomic E-state index is 13.6. The Morgan fingerprint density at radius 1 is 1.38 bits per heavy atom. The second-order valence-corrected chi connectivity index (χ2v) is 5.88. The molecule has 0 aliphatic heterocycles. The van der Waals surface area contributed by atoms with Gasteiger partial charge in [-0.3, -0.25) is 4.79 Å². The summed E-state index contributed by atoms with van der Waals surface area (Å²) >= 11 is 0. The molecule has 21 heavy (non-hydrogen) atoms. The van der Waals surface area contributed by atoms with Gasteiger partial charge in [0.2, 0.25) is 0 Å². The number of allylic oxidation sites excluding steroid dienone is 2. The van der Waals surface area contributed by atoms with Crippen LogP contribution >= 0.6 is 0 Å². The maximum absolute atomic E-state index is 13.6. The Bertz CT molecular complexity index is 709. The normalized spacial score (nSPS) is 27.9. The molecular weight excluding hydrogens is 276 g/mol. The van der Waals surface area contributed by atoms with Crippen molar-refractivity contribution in [2.45, 2.75) is 26.2 Å². The fourth-order valence-corrected chi connectivity index (χ4v) is 3.66. The van der Waals surface area contributed by atoms with Crippen molar-refractivity contribution < 1.29 is 18.7 Å². The molecule has 2 aliphatic carbocycles. The molecule has 108 valence electrons. The van der Waals surface area contributed by atoms with E-state index in [1.165, 1.54) is 0 Å². The average molecular weight is 289 g/mol. The van der Waals surface area contributed by atoms with E-state index in [1.807, 2.05) is 13.0 Å². The van der Waals surface area contributed by atoms with Gasteiger partial charge in [-0.1, -0.05) is 13.3 Å². The van der Waals surface area contributed by atoms with E-state index in [9.17, 15) is 23.9 Å². The number of rotatable bonds is 1. The molecule has 0 aromatic heterocycles. The summed E-state index contributed by atoms with van der Waals surface area (Å²) in [5.74, 6) is -3.65. The van der Waals surface area contributed by atoms with Crippen molar-refractivity contribution in [2.24, 2.45) is 11.3 Å². The Labute approximate surface area is 120 Å². The second kappa shape index (κ2) is 4.39. The molecule has 2 aliphatic rings. The van der Waals surface area contributed by atoms with Crippen LogP contribution in [0.5, 0.6) is 5.75 Å². The average Bonchev–Trinajstić information content (AvgIpc) is 2.91. The van der Waals surface area contributed by atoms with Crippen LogP contribution < -0.4 is 0 Å². The van der Waals surface area contributed by atoms with Gasteiger partial charge in [0.05, 0.1) is 5.57 Å². The number of Topliss-reactive ketones (excluding diaryl/α,β-unsaturated/α-hetero) is 1. The molecule has 1 fully saturated rings. The summed E-state index contributed by atoms with van der Waals surface area (Å²) in [5, 5.41) is 18.5. The van der Waals surface area contributed by atoms with Gasteiger partial charge in [0, 0.05) is 5.41 Å². The minimum atomic E-state index is -1.09. The summed E-state index contributed by atoms with van der Waals surface area (Å²) in [5.41, 5.74) is -0.0686. The highest BCUT2D eigenvalue weighted by Crippen LogP contribution is 2.57. The first-order chi connectivity index (χ1) is 9.90. The number of halogens is 2. The predicted molar refractivity (Wildman–Crippen MR) is 71.0 cm³/mol. The number of aromatic hydroxyl groups is 1. The molecule has 1 saturated carbocycles. The molecule has 0 bridgehead atoms. The van der Waals surface area contributed by atoms with Gasteiger partial charge in [0.1, 0.15) is 6.07 Å². The Hall–Kier alpha value is -2.22. The van der Waals surface area contributed by atoms with E-state index in [-0.39, 0.29) is 22.8 Å². The van der Waals surface area contributed by atoms with Crippen molar-refractivity contribution in [3.05, 3.63) is 34.9 Å². The van der Waals surface area contributed by atoms with Crippen LogP contribution in [-0.4, -0.2) is 10.9 Å². The smallest absolute Gasteiger partial charge is 0.187 e. The van der Waals surface area contributed by atoms with Gasteiger partial charge in [-0.2, -0.15) is 5.26 Å². The number of nitriles is 1. The lowest BCUT2D eigenvalue weighted by atomic mass is 9.78. The van der Waals surface area contributed by atoms with E-state index < -0.39 is 22.8 Å². The number of phenols is 1. The topological polar surface area (TPSA) is 61.1 Å². The van der Waals surface area contributed by atoms with E-state index in [2.05, 4.69) is 0 Å². The lowest BCUT2D eigenvalue weighted by Gasteiger charge is -2.24. The van der Waals surface area contributed by atoms with Crippen molar-refractivity contribution in [2.75, 3.05) is 0 Å². The molecule has 0 radical (unpaired) electrons. The summed E-state index contributed by atoms with van der Waals surface area (Å²) in [6, 6.07) is 3.87. The van der Waals surface area contributed by atoms with Gasteiger partial charge < -0.3 is 5.11 Å². The number of nitrogens with zero attached hydrogens (tertiary/aromatic N) is 1. The van der Waals surface area contributed by atoms with E-state index in [1.54, 1.807) is 0 Å². The molecule has 3 rings (SSSR count). The van der Waals surface area contributed by atoms with Crippen LogP contribution in [0.25, 0.3) is 5.57 Å². The number of carbonyl (C=O) groups is 1. The summed E-state index contributed by atoms with van der Waals surface area (Å²) in [7, 11) is 0. The largest absolute Gasteiger partial charge is 0.503 e. The van der Waals surface area contributed by atoms with E-state index in [0.717, 1.165) is 18.6 Å². The van der Waals surface area contributed by atoms with Crippen LogP contribution in [0.2, 0.25) is 0 Å². The third kappa shape index (κ3) is 1.72. The first-order valence-electron chi connectivity index (χ1n) is 6.77. The first kappa shape index (κ1) is 13.7. The van der Waals surface area contributed by atoms with Crippen molar-refractivity contribution >= 4 is 11.4 Å². The monoisotopic (exact) mass is 289 g/mol. The molecule has 5 heteroatoms. The molecule has 0 amide bonds. The van der Waals surface area contributed by atoms with Gasteiger partial charge in [0.15, 0.2) is 23.2 Å². The Kier molecular flexibility index (Phi) is 2.87. The Balaban J connectivity index is 2.23. The number of fused-ring (bicyclic) bond motifs is 1. The van der Waals surface area contributed by atoms with Gasteiger partial charge in [-0.05, 0) is 42.0 Å². The summed E-state index contributed by atoms with van der Waals surface area (Å²) in [4.78, 5) is 12.4. The zero-order valence-electron chi connectivity index (χ0n) is 11.4. The number of hydrogen-bond donors (Lipinski definition) is 1. The highest BCUT2D eigenvalue weighted by molar-refractivity contribution is 6.14. The molecule has 2 atom stereocenters. The Morgan fingerprint density at radius 2 is 2.00 bits per heavy atom. The summed E-state index contributed by atoms with van der Waals surface area (Å²) < 4.78 is 27.2. The van der Waals surface area contributed by atoms with Gasteiger partial charge in [0.25, 0.3) is 0 Å². The van der Waals surface area contributed by atoms with Crippen molar-refractivity contribution in [3.63, 3.8) is 0 Å². The quantitative estimate of drug-likeness (QED) is 0.862. The van der Waals surface area contributed by atoms with Crippen molar-refractivity contribution in [3.8, 4) is 11.8 Å². The molecule has 1 aromatic rings. The number of phenolic OH excluding ortho intramolecular Hbond substituents is 1. The third-order valence-electron chi connectivity index (χ3n) is 4.76. The minimum Gasteiger partial charge on any atom is -0.503 e. The maximum Gasteiger partial charge on any atom is 0.187 e. The fraction of sp³-hybridized carbons (Fsp3) is 0.375. The number of ketones is 1. The van der Waals surface area contributed by atoms with Crippen LogP contribution in [0, 0.1) is 34.3 Å². The number of benzene rings is 1. The highest BCUT2D eigenvalue weighted by atomic mass is 19.1. The lowest BCUT2D eigenvalue weighted by molar-refractivity contribution is -0.123. The molecule has 3 nitrogen and oxygen atoms in total. The zero-order valence-corrected chi connectivity index (χ0v) is 11.4. The molecule has 1 aromatic carbocycles. The molecule has 0 spiro atoms. The Morgan fingerprint density at radius 3 is 2.57 bits per heavy atom. The second-order valence-electron chi connectivity index (χ2n) is 5.88. The van der Waals surface area contributed by atoms with E-state index >= 15 is 0 Å². The number of carbonyl (C=O) groups excluding carboxylic acids is 1. The van der Waals surface area contributed by atoms with Gasteiger partial charge >= 0.3 is 0 Å². The van der Waals surface area contributed by atoms with E-state index in [4.69, 9.17) is 0 Å². The molecule has 2 unspecified atom stereocenters. The highest BCUT2D eigenvalue weighted by Gasteiger charge is 2.54.